The predicted molar refractivity (Wildman–Crippen MR) is 97.2 cm³/mol. The third-order valence-corrected chi connectivity index (χ3v) is 3.64. The van der Waals surface area contributed by atoms with Crippen molar-refractivity contribution >= 4 is 17.8 Å². The summed E-state index contributed by atoms with van der Waals surface area (Å²) >= 11 is 0. The van der Waals surface area contributed by atoms with Crippen molar-refractivity contribution in [2.24, 2.45) is 5.73 Å². The van der Waals surface area contributed by atoms with Crippen LogP contribution in [0.4, 0.5) is 0 Å². The number of aromatic hydroxyl groups is 1. The number of benzene rings is 1. The fraction of sp³-hybridized carbons (Fsp3) is 0.158. The summed E-state index contributed by atoms with van der Waals surface area (Å²) in [6.07, 6.45) is 2.57. The van der Waals surface area contributed by atoms with Crippen molar-refractivity contribution in [2.75, 3.05) is 6.61 Å². The molecule has 0 unspecified atom stereocenters. The third-order valence-electron chi connectivity index (χ3n) is 3.64. The first-order valence-corrected chi connectivity index (χ1v) is 7.87. The van der Waals surface area contributed by atoms with Crippen LogP contribution in [0.1, 0.15) is 21.6 Å². The molecule has 0 spiro atoms. The van der Waals surface area contributed by atoms with E-state index in [0.29, 0.717) is 17.0 Å². The summed E-state index contributed by atoms with van der Waals surface area (Å²) in [4.78, 5) is 36.0. The molecule has 0 saturated heterocycles. The van der Waals surface area contributed by atoms with Crippen LogP contribution in [-0.4, -0.2) is 28.0 Å². The first-order valence-electron chi connectivity index (χ1n) is 7.87. The van der Waals surface area contributed by atoms with Crippen LogP contribution in [0.5, 0.6) is 11.5 Å². The molecule has 0 saturated carbocycles. The number of pyridine rings is 1. The average molecular weight is 367 g/mol. The summed E-state index contributed by atoms with van der Waals surface area (Å²) in [6.45, 7) is 1.01. The molecule has 1 aromatic carbocycles. The number of carbonyl (C=O) groups is 2. The summed E-state index contributed by atoms with van der Waals surface area (Å²) in [5, 5.41) is 18.5. The van der Waals surface area contributed by atoms with E-state index in [9.17, 15) is 19.5 Å². The van der Waals surface area contributed by atoms with Gasteiger partial charge in [0.2, 0.25) is 5.91 Å². The molecule has 0 atom stereocenters. The highest BCUT2D eigenvalue weighted by Gasteiger charge is 2.18. The average Bonchev–Trinajstić information content (AvgIpc) is 2.61. The Bertz CT molecular complexity index is 1010. The molecule has 8 nitrogen and oxygen atoms in total. The summed E-state index contributed by atoms with van der Waals surface area (Å²) in [6, 6.07) is 9.72. The van der Waals surface area contributed by atoms with Crippen molar-refractivity contribution in [3.8, 4) is 17.6 Å². The Hall–Kier alpha value is -3.86. The molecule has 1 aromatic heterocycles. The number of amides is 1. The zero-order chi connectivity index (χ0) is 20.0. The number of primary amides is 1. The minimum absolute atomic E-state index is 0.108. The number of ether oxygens (including phenoxy) is 1. The minimum atomic E-state index is -0.799. The van der Waals surface area contributed by atoms with Crippen LogP contribution in [0.3, 0.4) is 0 Å². The van der Waals surface area contributed by atoms with Crippen LogP contribution in [0, 0.1) is 18.3 Å². The standard InChI is InChI=1S/C19H17N3O5/c1-12-9-16(24)18(19(26)22(12)11-17(21)25)15(23)6-5-13-3-2-4-14(10-13)27-8-7-20/h2-6,9-10,24H,8,11H2,1H3,(H2,21,25)/b6-5+. The number of rotatable bonds is 7. The van der Waals surface area contributed by atoms with Crippen LogP contribution in [0.2, 0.25) is 0 Å². The number of nitrogens with two attached hydrogens (primary N) is 1. The molecule has 0 radical (unpaired) electrons. The maximum atomic E-state index is 12.5. The van der Waals surface area contributed by atoms with Crippen molar-refractivity contribution in [3.63, 3.8) is 0 Å². The van der Waals surface area contributed by atoms with E-state index in [1.807, 2.05) is 6.07 Å². The van der Waals surface area contributed by atoms with Crippen LogP contribution < -0.4 is 16.0 Å². The normalized spacial score (nSPS) is 10.5. The number of hydrogen-bond acceptors (Lipinski definition) is 6. The summed E-state index contributed by atoms with van der Waals surface area (Å²) in [7, 11) is 0. The van der Waals surface area contributed by atoms with Crippen molar-refractivity contribution < 1.29 is 19.4 Å². The van der Waals surface area contributed by atoms with Crippen LogP contribution in [-0.2, 0) is 11.3 Å². The molecule has 0 fully saturated rings. The van der Waals surface area contributed by atoms with E-state index >= 15 is 0 Å². The summed E-state index contributed by atoms with van der Waals surface area (Å²) < 4.78 is 6.20. The van der Waals surface area contributed by atoms with Gasteiger partial charge in [-0.1, -0.05) is 18.2 Å². The van der Waals surface area contributed by atoms with Gasteiger partial charge in [0.25, 0.3) is 5.56 Å². The Morgan fingerprint density at radius 2 is 2.11 bits per heavy atom. The number of allylic oxidation sites excluding steroid dienone is 1. The van der Waals surface area contributed by atoms with Crippen molar-refractivity contribution in [2.45, 2.75) is 13.5 Å². The van der Waals surface area contributed by atoms with E-state index in [1.54, 1.807) is 24.3 Å². The van der Waals surface area contributed by atoms with E-state index in [1.165, 1.54) is 19.1 Å². The quantitative estimate of drug-likeness (QED) is 0.556. The lowest BCUT2D eigenvalue weighted by molar-refractivity contribution is -0.118. The molecule has 138 valence electrons. The molecule has 8 heteroatoms. The number of aromatic nitrogens is 1. The van der Waals surface area contributed by atoms with E-state index in [2.05, 4.69) is 0 Å². The fourth-order valence-electron chi connectivity index (χ4n) is 2.42. The smallest absolute Gasteiger partial charge is 0.266 e. The van der Waals surface area contributed by atoms with E-state index in [0.717, 1.165) is 10.6 Å². The first-order chi connectivity index (χ1) is 12.8. The molecule has 2 aromatic rings. The molecule has 3 N–H and O–H groups in total. The van der Waals surface area contributed by atoms with Crippen LogP contribution in [0.25, 0.3) is 6.08 Å². The number of hydrogen-bond donors (Lipinski definition) is 2. The molecular formula is C19H17N3O5. The van der Waals surface area contributed by atoms with Gasteiger partial charge in [-0.25, -0.2) is 0 Å². The molecule has 0 aliphatic rings. The lowest BCUT2D eigenvalue weighted by atomic mass is 10.1. The Morgan fingerprint density at radius 3 is 2.78 bits per heavy atom. The second-order valence-electron chi connectivity index (χ2n) is 5.62. The zero-order valence-electron chi connectivity index (χ0n) is 14.5. The van der Waals surface area contributed by atoms with Gasteiger partial charge in [0.05, 0.1) is 0 Å². The fourth-order valence-corrected chi connectivity index (χ4v) is 2.42. The molecule has 0 aliphatic carbocycles. The molecule has 27 heavy (non-hydrogen) atoms. The molecule has 1 heterocycles. The molecule has 1 amide bonds. The number of aryl methyl sites for hydroxylation is 1. The van der Waals surface area contributed by atoms with Gasteiger partial charge in [0.15, 0.2) is 12.4 Å². The van der Waals surface area contributed by atoms with Gasteiger partial charge >= 0.3 is 0 Å². The Kier molecular flexibility index (Phi) is 6.12. The van der Waals surface area contributed by atoms with Gasteiger partial charge in [0.1, 0.15) is 29.7 Å². The first kappa shape index (κ1) is 19.5. The van der Waals surface area contributed by atoms with Gasteiger partial charge < -0.3 is 20.1 Å². The lowest BCUT2D eigenvalue weighted by Gasteiger charge is -2.10. The van der Waals surface area contributed by atoms with Crippen molar-refractivity contribution in [1.29, 1.82) is 5.26 Å². The van der Waals surface area contributed by atoms with Gasteiger partial charge in [-0.05, 0) is 30.7 Å². The number of carbonyl (C=O) groups excluding carboxylic acids is 2. The number of nitriles is 1. The second-order valence-corrected chi connectivity index (χ2v) is 5.62. The molecule has 0 bridgehead atoms. The zero-order valence-corrected chi connectivity index (χ0v) is 14.5. The Balaban J connectivity index is 2.33. The second kappa shape index (κ2) is 8.49. The lowest BCUT2D eigenvalue weighted by Crippen LogP contribution is -2.32. The number of nitrogens with zero attached hydrogens (tertiary/aromatic N) is 2. The number of ketones is 1. The van der Waals surface area contributed by atoms with Crippen molar-refractivity contribution in [3.05, 3.63) is 63.6 Å². The maximum Gasteiger partial charge on any atom is 0.266 e. The largest absolute Gasteiger partial charge is 0.507 e. The molecule has 0 aliphatic heterocycles. The molecule has 2 rings (SSSR count). The minimum Gasteiger partial charge on any atom is -0.507 e. The SMILES string of the molecule is Cc1cc(O)c(C(=O)/C=C/c2cccc(OCC#N)c2)c(=O)n1CC(N)=O. The maximum absolute atomic E-state index is 12.5. The highest BCUT2D eigenvalue weighted by molar-refractivity contribution is 6.08. The molecular weight excluding hydrogens is 350 g/mol. The van der Waals surface area contributed by atoms with Gasteiger partial charge in [-0.3, -0.25) is 14.4 Å². The Morgan fingerprint density at radius 1 is 1.37 bits per heavy atom. The van der Waals surface area contributed by atoms with Gasteiger partial charge in [0, 0.05) is 11.8 Å². The Labute approximate surface area is 154 Å². The van der Waals surface area contributed by atoms with E-state index < -0.39 is 35.1 Å². The van der Waals surface area contributed by atoms with Gasteiger partial charge in [-0.15, -0.1) is 0 Å². The van der Waals surface area contributed by atoms with Crippen LogP contribution >= 0.6 is 0 Å². The van der Waals surface area contributed by atoms with Crippen molar-refractivity contribution in [1.82, 2.24) is 4.57 Å². The van der Waals surface area contributed by atoms with Gasteiger partial charge in [-0.2, -0.15) is 5.26 Å². The third kappa shape index (κ3) is 4.83. The summed E-state index contributed by atoms with van der Waals surface area (Å²) in [5.74, 6) is -1.49. The highest BCUT2D eigenvalue weighted by atomic mass is 16.5. The topological polar surface area (TPSA) is 135 Å². The van der Waals surface area contributed by atoms with E-state index in [-0.39, 0.29) is 6.61 Å². The van der Waals surface area contributed by atoms with E-state index in [4.69, 9.17) is 15.7 Å². The monoisotopic (exact) mass is 367 g/mol. The summed E-state index contributed by atoms with van der Waals surface area (Å²) in [5.41, 5.74) is 4.77. The predicted octanol–water partition coefficient (Wildman–Crippen LogP) is 1.15. The van der Waals surface area contributed by atoms with Crippen LogP contribution in [0.15, 0.2) is 41.2 Å². The highest BCUT2D eigenvalue weighted by Crippen LogP contribution is 2.18.